The minimum atomic E-state index is -0.218. The Hall–Kier alpha value is -1.16. The van der Waals surface area contributed by atoms with Crippen LogP contribution in [0.5, 0.6) is 0 Å². The molecule has 2 nitrogen and oxygen atoms in total. The number of hydrogen-bond acceptors (Lipinski definition) is 1. The number of aromatic nitrogens is 2. The molecule has 0 aliphatic carbocycles. The summed E-state index contributed by atoms with van der Waals surface area (Å²) in [5.74, 6) is 0.411. The molecule has 0 aliphatic heterocycles. The smallest absolute Gasteiger partial charge is 0.123 e. The first-order chi connectivity index (χ1) is 8.99. The van der Waals surface area contributed by atoms with Crippen molar-refractivity contribution in [2.75, 3.05) is 0 Å². The summed E-state index contributed by atoms with van der Waals surface area (Å²) in [7, 11) is 0. The maximum Gasteiger partial charge on any atom is 0.123 e. The second kappa shape index (κ2) is 5.87. The van der Waals surface area contributed by atoms with Gasteiger partial charge in [0.15, 0.2) is 0 Å². The van der Waals surface area contributed by atoms with Crippen LogP contribution in [0.25, 0.3) is 11.3 Å². The van der Waals surface area contributed by atoms with E-state index < -0.39 is 0 Å². The molecule has 0 radical (unpaired) electrons. The Balaban J connectivity index is 2.40. The van der Waals surface area contributed by atoms with Crippen LogP contribution in [0.2, 0.25) is 0 Å². The van der Waals surface area contributed by atoms with Crippen LogP contribution in [0, 0.1) is 18.7 Å². The van der Waals surface area contributed by atoms with Crippen LogP contribution in [-0.2, 0) is 6.54 Å². The number of rotatable bonds is 4. The minimum Gasteiger partial charge on any atom is -0.263 e. The molecule has 0 fully saturated rings. The number of nitrogens with zero attached hydrogens (tertiary/aromatic N) is 2. The molecular weight excluding hydrogens is 307 g/mol. The van der Waals surface area contributed by atoms with Crippen LogP contribution in [-0.4, -0.2) is 9.78 Å². The van der Waals surface area contributed by atoms with Crippen molar-refractivity contribution in [1.82, 2.24) is 9.78 Å². The topological polar surface area (TPSA) is 17.8 Å². The van der Waals surface area contributed by atoms with Gasteiger partial charge in [0.05, 0.1) is 15.9 Å². The highest BCUT2D eigenvalue weighted by Crippen LogP contribution is 2.31. The third-order valence-electron chi connectivity index (χ3n) is 3.09. The Bertz CT molecular complexity index is 558. The lowest BCUT2D eigenvalue weighted by Crippen LogP contribution is -2.05. The van der Waals surface area contributed by atoms with Gasteiger partial charge in [-0.2, -0.15) is 5.10 Å². The number of halogens is 2. The predicted octanol–water partition coefficient (Wildman–Crippen LogP) is 4.81. The van der Waals surface area contributed by atoms with E-state index in [0.29, 0.717) is 5.92 Å². The monoisotopic (exact) mass is 324 g/mol. The average molecular weight is 325 g/mol. The van der Waals surface area contributed by atoms with Gasteiger partial charge in [-0.1, -0.05) is 13.8 Å². The van der Waals surface area contributed by atoms with E-state index in [9.17, 15) is 4.39 Å². The van der Waals surface area contributed by atoms with Gasteiger partial charge in [0, 0.05) is 12.1 Å². The van der Waals surface area contributed by atoms with Crippen molar-refractivity contribution in [3.8, 4) is 11.3 Å². The Morgan fingerprint density at radius 3 is 2.47 bits per heavy atom. The maximum absolute atomic E-state index is 13.0. The Morgan fingerprint density at radius 2 is 1.89 bits per heavy atom. The van der Waals surface area contributed by atoms with Crippen molar-refractivity contribution < 1.29 is 4.39 Å². The molecule has 19 heavy (non-hydrogen) atoms. The van der Waals surface area contributed by atoms with Crippen molar-refractivity contribution >= 4 is 15.9 Å². The van der Waals surface area contributed by atoms with Crippen molar-refractivity contribution in [2.45, 2.75) is 33.7 Å². The first kappa shape index (κ1) is 14.3. The highest BCUT2D eigenvalue weighted by molar-refractivity contribution is 9.10. The van der Waals surface area contributed by atoms with Gasteiger partial charge in [-0.05, 0) is 59.5 Å². The highest BCUT2D eigenvalue weighted by Gasteiger charge is 2.15. The second-order valence-corrected chi connectivity index (χ2v) is 5.95. The van der Waals surface area contributed by atoms with E-state index in [2.05, 4.69) is 34.9 Å². The molecule has 0 bridgehead atoms. The van der Waals surface area contributed by atoms with Crippen molar-refractivity contribution in [1.29, 1.82) is 0 Å². The molecular formula is C15H18BrFN2. The van der Waals surface area contributed by atoms with Crippen LogP contribution in [0.1, 0.15) is 26.0 Å². The number of aryl methyl sites for hydroxylation is 2. The lowest BCUT2D eigenvalue weighted by Gasteiger charge is -2.10. The zero-order valence-corrected chi connectivity index (χ0v) is 13.0. The normalized spacial score (nSPS) is 11.3. The first-order valence-electron chi connectivity index (χ1n) is 6.48. The third-order valence-corrected chi connectivity index (χ3v) is 4.04. The molecule has 1 aromatic heterocycles. The van der Waals surface area contributed by atoms with Gasteiger partial charge < -0.3 is 0 Å². The van der Waals surface area contributed by atoms with Gasteiger partial charge in [-0.15, -0.1) is 0 Å². The van der Waals surface area contributed by atoms with Crippen LogP contribution < -0.4 is 0 Å². The third kappa shape index (κ3) is 3.24. The van der Waals surface area contributed by atoms with Crippen LogP contribution in [0.4, 0.5) is 4.39 Å². The summed E-state index contributed by atoms with van der Waals surface area (Å²) in [6.45, 7) is 7.24. The standard InChI is InChI=1S/C15H18BrFN2/c1-10(2)8-9-19-15(14(16)11(3)18-19)12-4-6-13(17)7-5-12/h4-7,10H,8-9H2,1-3H3. The predicted molar refractivity (Wildman–Crippen MR) is 79.5 cm³/mol. The van der Waals surface area contributed by atoms with Gasteiger partial charge in [0.25, 0.3) is 0 Å². The zero-order valence-electron chi connectivity index (χ0n) is 11.5. The highest BCUT2D eigenvalue weighted by atomic mass is 79.9. The van der Waals surface area contributed by atoms with Crippen LogP contribution in [0.3, 0.4) is 0 Å². The van der Waals surface area contributed by atoms with E-state index in [-0.39, 0.29) is 5.82 Å². The van der Waals surface area contributed by atoms with Gasteiger partial charge in [-0.3, -0.25) is 4.68 Å². The van der Waals surface area contributed by atoms with Crippen molar-refractivity contribution in [3.05, 3.63) is 40.2 Å². The molecule has 0 saturated heterocycles. The summed E-state index contributed by atoms with van der Waals surface area (Å²) in [5.41, 5.74) is 2.97. The van der Waals surface area contributed by atoms with Gasteiger partial charge >= 0.3 is 0 Å². The fraction of sp³-hybridized carbons (Fsp3) is 0.400. The SMILES string of the molecule is Cc1nn(CCC(C)C)c(-c2ccc(F)cc2)c1Br. The quantitative estimate of drug-likeness (QED) is 0.789. The van der Waals surface area contributed by atoms with Crippen molar-refractivity contribution in [2.24, 2.45) is 5.92 Å². The molecule has 1 heterocycles. The Labute approximate surface area is 121 Å². The van der Waals surface area contributed by atoms with E-state index in [1.165, 1.54) is 12.1 Å². The van der Waals surface area contributed by atoms with E-state index in [1.54, 1.807) is 12.1 Å². The molecule has 0 N–H and O–H groups in total. The fourth-order valence-electron chi connectivity index (χ4n) is 1.99. The molecule has 102 valence electrons. The van der Waals surface area contributed by atoms with Gasteiger partial charge in [0.1, 0.15) is 5.82 Å². The summed E-state index contributed by atoms with van der Waals surface area (Å²) < 4.78 is 16.0. The molecule has 0 aliphatic rings. The molecule has 0 saturated carbocycles. The number of hydrogen-bond donors (Lipinski definition) is 0. The molecule has 4 heteroatoms. The summed E-state index contributed by atoms with van der Waals surface area (Å²) in [5, 5.41) is 4.56. The van der Waals surface area contributed by atoms with Gasteiger partial charge in [0.2, 0.25) is 0 Å². The molecule has 0 spiro atoms. The molecule has 2 rings (SSSR count). The summed E-state index contributed by atoms with van der Waals surface area (Å²) in [6.07, 6.45) is 1.07. The first-order valence-corrected chi connectivity index (χ1v) is 7.27. The van der Waals surface area contributed by atoms with Gasteiger partial charge in [-0.25, -0.2) is 4.39 Å². The van der Waals surface area contributed by atoms with Crippen molar-refractivity contribution in [3.63, 3.8) is 0 Å². The fourth-order valence-corrected chi connectivity index (χ4v) is 2.50. The molecule has 2 aromatic rings. The largest absolute Gasteiger partial charge is 0.263 e. The molecule has 0 unspecified atom stereocenters. The number of benzene rings is 1. The summed E-state index contributed by atoms with van der Waals surface area (Å²) >= 11 is 3.59. The van der Waals surface area contributed by atoms with E-state index in [1.807, 2.05) is 11.6 Å². The van der Waals surface area contributed by atoms with Crippen LogP contribution >= 0.6 is 15.9 Å². The molecule has 0 atom stereocenters. The van der Waals surface area contributed by atoms with E-state index >= 15 is 0 Å². The lowest BCUT2D eigenvalue weighted by molar-refractivity contribution is 0.488. The van der Waals surface area contributed by atoms with Crippen LogP contribution in [0.15, 0.2) is 28.7 Å². The molecule has 1 aromatic carbocycles. The van der Waals surface area contributed by atoms with E-state index in [0.717, 1.165) is 34.4 Å². The maximum atomic E-state index is 13.0. The molecule has 0 amide bonds. The van der Waals surface area contributed by atoms with E-state index in [4.69, 9.17) is 0 Å². The minimum absolute atomic E-state index is 0.218. The Morgan fingerprint density at radius 1 is 1.26 bits per heavy atom. The average Bonchev–Trinajstić information content (AvgIpc) is 2.64. The Kier molecular flexibility index (Phi) is 4.40. The zero-order chi connectivity index (χ0) is 14.0. The lowest BCUT2D eigenvalue weighted by atomic mass is 10.1. The summed E-state index contributed by atoms with van der Waals surface area (Å²) in [4.78, 5) is 0. The summed E-state index contributed by atoms with van der Waals surface area (Å²) in [6, 6.07) is 6.55. The second-order valence-electron chi connectivity index (χ2n) is 5.16.